The number of aliphatic hydroxyl groups excluding tert-OH is 1. The third-order valence-corrected chi connectivity index (χ3v) is 5.02. The van der Waals surface area contributed by atoms with Crippen molar-refractivity contribution in [2.75, 3.05) is 19.7 Å². The molecule has 22 heavy (non-hydrogen) atoms. The Kier molecular flexibility index (Phi) is 4.81. The van der Waals surface area contributed by atoms with Gasteiger partial charge in [0.15, 0.2) is 0 Å². The summed E-state index contributed by atoms with van der Waals surface area (Å²) in [5.41, 5.74) is 2.02. The number of rotatable bonds is 5. The lowest BCUT2D eigenvalue weighted by atomic mass is 9.74. The third-order valence-electron chi connectivity index (χ3n) is 4.65. The molecule has 0 spiro atoms. The van der Waals surface area contributed by atoms with E-state index in [2.05, 4.69) is 16.1 Å². The Balaban J connectivity index is 1.62. The van der Waals surface area contributed by atoms with E-state index < -0.39 is 0 Å². The Morgan fingerprint density at radius 3 is 2.64 bits per heavy atom. The minimum atomic E-state index is -0.0642. The summed E-state index contributed by atoms with van der Waals surface area (Å²) >= 11 is 6.28. The second kappa shape index (κ2) is 6.82. The minimum Gasteiger partial charge on any atom is -0.396 e. The van der Waals surface area contributed by atoms with Crippen molar-refractivity contribution in [3.05, 3.63) is 52.9 Å². The molecule has 1 aliphatic rings. The molecule has 4 nitrogen and oxygen atoms in total. The quantitative estimate of drug-likeness (QED) is 0.919. The smallest absolute Gasteiger partial charge is 0.124 e. The average molecular weight is 321 g/mol. The van der Waals surface area contributed by atoms with Gasteiger partial charge in [-0.1, -0.05) is 35.0 Å². The highest BCUT2D eigenvalue weighted by Crippen LogP contribution is 2.36. The van der Waals surface area contributed by atoms with Gasteiger partial charge in [-0.15, -0.1) is 0 Å². The first-order valence-corrected chi connectivity index (χ1v) is 8.04. The molecule has 0 amide bonds. The molecular weight excluding hydrogens is 300 g/mol. The number of hydrogen-bond acceptors (Lipinski definition) is 4. The van der Waals surface area contributed by atoms with Gasteiger partial charge in [-0.25, -0.2) is 0 Å². The molecule has 118 valence electrons. The number of halogens is 1. The molecule has 1 saturated heterocycles. The van der Waals surface area contributed by atoms with E-state index in [0.29, 0.717) is 0 Å². The van der Waals surface area contributed by atoms with Crippen molar-refractivity contribution in [3.63, 3.8) is 0 Å². The van der Waals surface area contributed by atoms with E-state index in [9.17, 15) is 5.11 Å². The molecule has 1 aromatic carbocycles. The summed E-state index contributed by atoms with van der Waals surface area (Å²) in [6.45, 7) is 2.93. The van der Waals surface area contributed by atoms with Crippen LogP contribution in [0.5, 0.6) is 0 Å². The zero-order chi connectivity index (χ0) is 15.4. The fourth-order valence-electron chi connectivity index (χ4n) is 3.17. The van der Waals surface area contributed by atoms with Crippen molar-refractivity contribution in [2.24, 2.45) is 5.41 Å². The zero-order valence-corrected chi connectivity index (χ0v) is 13.3. The van der Waals surface area contributed by atoms with Crippen LogP contribution < -0.4 is 0 Å². The maximum absolute atomic E-state index is 9.95. The van der Waals surface area contributed by atoms with E-state index in [1.54, 1.807) is 6.26 Å². The Labute approximate surface area is 135 Å². The summed E-state index contributed by atoms with van der Waals surface area (Å²) in [4.78, 5) is 2.36. The standard InChI is InChI=1S/C17H21ClN2O2/c18-16-4-2-1-3-14(16)11-17(13-21)6-8-20(9-7-17)12-15-5-10-22-19-15/h1-5,10,21H,6-9,11-13H2. The van der Waals surface area contributed by atoms with E-state index in [1.807, 2.05) is 24.3 Å². The van der Waals surface area contributed by atoms with E-state index in [4.69, 9.17) is 16.1 Å². The number of likely N-dealkylation sites (tertiary alicyclic amines) is 1. The number of piperidine rings is 1. The first kappa shape index (κ1) is 15.5. The van der Waals surface area contributed by atoms with Gasteiger partial charge in [0.2, 0.25) is 0 Å². The predicted molar refractivity (Wildman–Crippen MR) is 85.7 cm³/mol. The molecule has 1 fully saturated rings. The van der Waals surface area contributed by atoms with Crippen LogP contribution in [0, 0.1) is 5.41 Å². The number of benzene rings is 1. The summed E-state index contributed by atoms with van der Waals surface area (Å²) in [7, 11) is 0. The van der Waals surface area contributed by atoms with Gasteiger partial charge >= 0.3 is 0 Å². The number of nitrogens with zero attached hydrogens (tertiary/aromatic N) is 2. The lowest BCUT2D eigenvalue weighted by Gasteiger charge is -2.40. The molecule has 0 saturated carbocycles. The second-order valence-corrected chi connectivity index (χ2v) is 6.60. The van der Waals surface area contributed by atoms with E-state index >= 15 is 0 Å². The van der Waals surface area contributed by atoms with Crippen LogP contribution in [-0.4, -0.2) is 34.9 Å². The van der Waals surface area contributed by atoms with Gasteiger partial charge < -0.3 is 9.63 Å². The van der Waals surface area contributed by atoms with Crippen LogP contribution in [0.2, 0.25) is 5.02 Å². The molecule has 0 atom stereocenters. The average Bonchev–Trinajstić information content (AvgIpc) is 3.05. The molecule has 1 aliphatic heterocycles. The minimum absolute atomic E-state index is 0.0642. The summed E-state index contributed by atoms with van der Waals surface area (Å²) in [6.07, 6.45) is 4.37. The van der Waals surface area contributed by atoms with Crippen LogP contribution in [-0.2, 0) is 13.0 Å². The van der Waals surface area contributed by atoms with Crippen LogP contribution in [0.25, 0.3) is 0 Å². The molecule has 5 heteroatoms. The topological polar surface area (TPSA) is 49.5 Å². The Hall–Kier alpha value is -1.36. The highest BCUT2D eigenvalue weighted by atomic mass is 35.5. The number of hydrogen-bond donors (Lipinski definition) is 1. The normalized spacial score (nSPS) is 18.5. The summed E-state index contributed by atoms with van der Waals surface area (Å²) in [5.74, 6) is 0. The van der Waals surface area contributed by atoms with Crippen LogP contribution in [0.3, 0.4) is 0 Å². The van der Waals surface area contributed by atoms with Gasteiger partial charge in [0.1, 0.15) is 6.26 Å². The van der Waals surface area contributed by atoms with Crippen molar-refractivity contribution >= 4 is 11.6 Å². The van der Waals surface area contributed by atoms with Gasteiger partial charge in [0.05, 0.1) is 5.69 Å². The summed E-state index contributed by atoms with van der Waals surface area (Å²) in [5, 5.41) is 14.7. The van der Waals surface area contributed by atoms with Crippen molar-refractivity contribution in [1.29, 1.82) is 0 Å². The van der Waals surface area contributed by atoms with Crippen LogP contribution in [0.15, 0.2) is 41.1 Å². The Bertz CT molecular complexity index is 592. The second-order valence-electron chi connectivity index (χ2n) is 6.19. The molecule has 0 bridgehead atoms. The summed E-state index contributed by atoms with van der Waals surface area (Å²) in [6, 6.07) is 9.82. The maximum atomic E-state index is 9.95. The largest absolute Gasteiger partial charge is 0.396 e. The molecule has 0 aliphatic carbocycles. The van der Waals surface area contributed by atoms with Gasteiger partial charge in [-0.05, 0) is 49.4 Å². The van der Waals surface area contributed by atoms with Crippen molar-refractivity contribution in [2.45, 2.75) is 25.8 Å². The first-order chi connectivity index (χ1) is 10.7. The highest BCUT2D eigenvalue weighted by Gasteiger charge is 2.34. The highest BCUT2D eigenvalue weighted by molar-refractivity contribution is 6.31. The number of aromatic nitrogens is 1. The Morgan fingerprint density at radius 1 is 1.23 bits per heavy atom. The molecule has 0 radical (unpaired) electrons. The zero-order valence-electron chi connectivity index (χ0n) is 12.5. The first-order valence-electron chi connectivity index (χ1n) is 7.67. The molecule has 1 N–H and O–H groups in total. The Morgan fingerprint density at radius 2 is 2.00 bits per heavy atom. The van der Waals surface area contributed by atoms with Crippen molar-refractivity contribution in [3.8, 4) is 0 Å². The van der Waals surface area contributed by atoms with Gasteiger partial charge in [-0.3, -0.25) is 4.90 Å². The van der Waals surface area contributed by atoms with E-state index in [0.717, 1.165) is 55.2 Å². The van der Waals surface area contributed by atoms with Crippen LogP contribution >= 0.6 is 11.6 Å². The molecule has 1 aromatic heterocycles. The van der Waals surface area contributed by atoms with E-state index in [1.165, 1.54) is 0 Å². The molecule has 2 heterocycles. The van der Waals surface area contributed by atoms with Crippen molar-refractivity contribution < 1.29 is 9.63 Å². The molecular formula is C17H21ClN2O2. The van der Waals surface area contributed by atoms with Crippen LogP contribution in [0.1, 0.15) is 24.1 Å². The third kappa shape index (κ3) is 3.51. The lowest BCUT2D eigenvalue weighted by Crippen LogP contribution is -2.43. The molecule has 3 rings (SSSR count). The monoisotopic (exact) mass is 320 g/mol. The van der Waals surface area contributed by atoms with E-state index in [-0.39, 0.29) is 12.0 Å². The lowest BCUT2D eigenvalue weighted by molar-refractivity contribution is 0.0406. The van der Waals surface area contributed by atoms with Gasteiger partial charge in [-0.2, -0.15) is 0 Å². The van der Waals surface area contributed by atoms with Gasteiger partial charge in [0, 0.05) is 24.2 Å². The SMILES string of the molecule is OCC1(Cc2ccccc2Cl)CCN(Cc2ccon2)CC1. The molecule has 0 unspecified atom stereocenters. The van der Waals surface area contributed by atoms with Crippen molar-refractivity contribution in [1.82, 2.24) is 10.1 Å². The number of aliphatic hydroxyl groups is 1. The van der Waals surface area contributed by atoms with Gasteiger partial charge in [0.25, 0.3) is 0 Å². The maximum Gasteiger partial charge on any atom is 0.124 e. The summed E-state index contributed by atoms with van der Waals surface area (Å²) < 4.78 is 4.88. The molecule has 2 aromatic rings. The fourth-order valence-corrected chi connectivity index (χ4v) is 3.37. The predicted octanol–water partition coefficient (Wildman–Crippen LogP) is 3.15. The fraction of sp³-hybridized carbons (Fsp3) is 0.471. The van der Waals surface area contributed by atoms with Crippen LogP contribution in [0.4, 0.5) is 0 Å².